The topological polar surface area (TPSA) is 132 Å². The number of benzene rings is 2. The van der Waals surface area contributed by atoms with Crippen LogP contribution in [-0.4, -0.2) is 27.6 Å². The highest BCUT2D eigenvalue weighted by Crippen LogP contribution is 2.35. The van der Waals surface area contributed by atoms with E-state index < -0.39 is 6.04 Å². The number of amides is 1. The Morgan fingerprint density at radius 3 is 2.68 bits per heavy atom. The Labute approximate surface area is 267 Å². The quantitative estimate of drug-likeness (QED) is 0.235. The lowest BCUT2D eigenvalue weighted by atomic mass is 9.95. The molecule has 0 saturated heterocycles. The van der Waals surface area contributed by atoms with Crippen molar-refractivity contribution in [1.82, 2.24) is 14.5 Å². The average Bonchev–Trinajstić information content (AvgIpc) is 3.49. The van der Waals surface area contributed by atoms with Gasteiger partial charge in [-0.25, -0.2) is 9.98 Å². The summed E-state index contributed by atoms with van der Waals surface area (Å²) in [7, 11) is 1.56. The molecule has 0 radical (unpaired) electrons. The second-order valence-corrected chi connectivity index (χ2v) is 12.6. The number of allylic oxidation sites excluding steroid dienone is 1. The van der Waals surface area contributed by atoms with Gasteiger partial charge in [-0.1, -0.05) is 41.7 Å². The molecule has 3 aromatic heterocycles. The third-order valence-electron chi connectivity index (χ3n) is 6.69. The van der Waals surface area contributed by atoms with Gasteiger partial charge in [-0.2, -0.15) is 0 Å². The highest BCUT2D eigenvalue weighted by molar-refractivity contribution is 9.10. The van der Waals surface area contributed by atoms with Crippen LogP contribution in [0.2, 0.25) is 0 Å². The highest BCUT2D eigenvalue weighted by Gasteiger charge is 2.33. The van der Waals surface area contributed by atoms with Crippen LogP contribution in [0.4, 0.5) is 5.69 Å². The van der Waals surface area contributed by atoms with E-state index in [1.807, 2.05) is 36.4 Å². The molecule has 0 spiro atoms. The third-order valence-corrected chi connectivity index (χ3v) is 9.40. The fraction of sp³-hybridized carbons (Fsp3) is 0.129. The Morgan fingerprint density at radius 1 is 1.14 bits per heavy atom. The molecule has 1 aliphatic rings. The molecule has 0 bridgehead atoms. The van der Waals surface area contributed by atoms with Crippen LogP contribution < -0.4 is 30.5 Å². The summed E-state index contributed by atoms with van der Waals surface area (Å²) >= 11 is 5.85. The first-order chi connectivity index (χ1) is 21.2. The molecule has 5 aromatic rings. The van der Waals surface area contributed by atoms with Crippen molar-refractivity contribution in [3.8, 4) is 5.75 Å². The van der Waals surface area contributed by atoms with Crippen molar-refractivity contribution in [2.45, 2.75) is 30.1 Å². The van der Waals surface area contributed by atoms with E-state index in [0.29, 0.717) is 63.8 Å². The van der Waals surface area contributed by atoms with Crippen LogP contribution in [0.1, 0.15) is 30.0 Å². The van der Waals surface area contributed by atoms with Gasteiger partial charge in [0.25, 0.3) is 17.0 Å². The lowest BCUT2D eigenvalue weighted by molar-refractivity contribution is -0.113. The van der Waals surface area contributed by atoms with Crippen molar-refractivity contribution in [3.05, 3.63) is 130 Å². The van der Waals surface area contributed by atoms with Crippen LogP contribution in [0, 0.1) is 6.92 Å². The number of carbonyl (C=O) groups is 1. The summed E-state index contributed by atoms with van der Waals surface area (Å²) in [5.74, 6) is 0.645. The van der Waals surface area contributed by atoms with Crippen LogP contribution in [-0.2, 0) is 4.79 Å². The third kappa shape index (κ3) is 5.98. The lowest BCUT2D eigenvalue weighted by Gasteiger charge is -2.25. The number of H-pyrrole nitrogens is 1. The van der Waals surface area contributed by atoms with Gasteiger partial charge in [-0.15, -0.1) is 0 Å². The standard InChI is InChI=1S/C31H24BrN5O5S2/c1-16-12-24(38)36-30(33-16)44-29-22(32)14-21(42-29)15-23-28(40)37-26(18-8-7-11-20(13-18)41-3)25(17(2)34-31(37)43-23)27(39)35-19-9-5-4-6-10-19/h4-15,26H,1-3H3,(H,35,39)(H,33,36,38)/b23-15+/t26-/m1/s1. The van der Waals surface area contributed by atoms with Gasteiger partial charge in [-0.3, -0.25) is 19.0 Å². The molecule has 13 heteroatoms. The maximum atomic E-state index is 14.0. The number of hydrogen-bond acceptors (Lipinski definition) is 9. The fourth-order valence-electron chi connectivity index (χ4n) is 4.79. The fourth-order valence-corrected chi connectivity index (χ4v) is 7.17. The maximum Gasteiger partial charge on any atom is 0.271 e. The molecular weight excluding hydrogens is 666 g/mol. The Kier molecular flexibility index (Phi) is 8.25. The zero-order chi connectivity index (χ0) is 31.0. The molecule has 2 aromatic carbocycles. The number of aryl methyl sites for hydroxylation is 1. The SMILES string of the molecule is COc1cccc([C@@H]2C(C(=O)Nc3ccccc3)=C(C)N=c3s/c(=C/c4cc(Br)c(Sc5nc(C)cc(=O)[nH]5)o4)c(=O)n32)c1. The van der Waals surface area contributed by atoms with E-state index in [-0.39, 0.29) is 17.0 Å². The first-order valence-electron chi connectivity index (χ1n) is 13.3. The molecule has 1 aliphatic heterocycles. The smallest absolute Gasteiger partial charge is 0.271 e. The number of halogens is 1. The molecule has 222 valence electrons. The molecule has 1 atom stereocenters. The molecule has 1 amide bonds. The number of para-hydroxylation sites is 1. The van der Waals surface area contributed by atoms with E-state index in [2.05, 4.69) is 36.2 Å². The summed E-state index contributed by atoms with van der Waals surface area (Å²) in [5.41, 5.74) is 2.16. The molecule has 0 fully saturated rings. The number of anilines is 1. The van der Waals surface area contributed by atoms with Crippen LogP contribution in [0.5, 0.6) is 5.75 Å². The average molecular weight is 691 g/mol. The Hall–Kier alpha value is -4.46. The number of nitrogens with zero attached hydrogens (tertiary/aromatic N) is 3. The number of rotatable bonds is 7. The summed E-state index contributed by atoms with van der Waals surface area (Å²) in [5, 5.41) is 3.79. The molecule has 44 heavy (non-hydrogen) atoms. The second-order valence-electron chi connectivity index (χ2n) is 9.76. The van der Waals surface area contributed by atoms with Gasteiger partial charge in [0.05, 0.1) is 33.4 Å². The minimum absolute atomic E-state index is 0.262. The van der Waals surface area contributed by atoms with Crippen molar-refractivity contribution in [2.24, 2.45) is 4.99 Å². The van der Waals surface area contributed by atoms with E-state index in [9.17, 15) is 14.4 Å². The predicted molar refractivity (Wildman–Crippen MR) is 172 cm³/mol. The molecule has 0 unspecified atom stereocenters. The van der Waals surface area contributed by atoms with Crippen LogP contribution in [0.15, 0.2) is 112 Å². The van der Waals surface area contributed by atoms with Gasteiger partial charge >= 0.3 is 0 Å². The lowest BCUT2D eigenvalue weighted by Crippen LogP contribution is -2.40. The monoisotopic (exact) mass is 689 g/mol. The van der Waals surface area contributed by atoms with E-state index in [4.69, 9.17) is 9.15 Å². The van der Waals surface area contributed by atoms with Crippen molar-refractivity contribution < 1.29 is 13.9 Å². The number of nitrogens with one attached hydrogen (secondary N) is 2. The summed E-state index contributed by atoms with van der Waals surface area (Å²) < 4.78 is 14.0. The first-order valence-corrected chi connectivity index (χ1v) is 15.7. The molecule has 2 N–H and O–H groups in total. The zero-order valence-corrected chi connectivity index (χ0v) is 26.8. The largest absolute Gasteiger partial charge is 0.497 e. The molecule has 4 heterocycles. The summed E-state index contributed by atoms with van der Waals surface area (Å²) in [6.07, 6.45) is 1.64. The second kappa shape index (κ2) is 12.3. The zero-order valence-electron chi connectivity index (χ0n) is 23.6. The number of fused-ring (bicyclic) bond motifs is 1. The van der Waals surface area contributed by atoms with E-state index >= 15 is 0 Å². The van der Waals surface area contributed by atoms with Crippen molar-refractivity contribution in [2.75, 3.05) is 12.4 Å². The molecule has 0 aliphatic carbocycles. The van der Waals surface area contributed by atoms with Crippen molar-refractivity contribution in [1.29, 1.82) is 0 Å². The van der Waals surface area contributed by atoms with Crippen molar-refractivity contribution >= 4 is 56.7 Å². The molecule has 10 nitrogen and oxygen atoms in total. The number of furan rings is 1. The van der Waals surface area contributed by atoms with Gasteiger partial charge in [0, 0.05) is 23.5 Å². The van der Waals surface area contributed by atoms with Crippen molar-refractivity contribution in [3.63, 3.8) is 0 Å². The number of ether oxygens (including phenoxy) is 1. The van der Waals surface area contributed by atoms with E-state index in [1.54, 1.807) is 51.3 Å². The number of methoxy groups -OCH3 is 1. The number of aromatic nitrogens is 3. The summed E-state index contributed by atoms with van der Waals surface area (Å²) in [4.78, 5) is 51.8. The number of aromatic amines is 1. The van der Waals surface area contributed by atoms with E-state index in [1.165, 1.54) is 22.0 Å². The summed E-state index contributed by atoms with van der Waals surface area (Å²) in [6, 6.07) is 18.8. The van der Waals surface area contributed by atoms with Gasteiger partial charge in [-0.05, 0) is 77.4 Å². The van der Waals surface area contributed by atoms with Crippen LogP contribution in [0.25, 0.3) is 6.08 Å². The summed E-state index contributed by atoms with van der Waals surface area (Å²) in [6.45, 7) is 3.50. The molecule has 6 rings (SSSR count). The van der Waals surface area contributed by atoms with Gasteiger partial charge in [0.1, 0.15) is 11.5 Å². The number of thiazole rings is 1. The maximum absolute atomic E-state index is 14.0. The van der Waals surface area contributed by atoms with Gasteiger partial charge < -0.3 is 19.5 Å². The Morgan fingerprint density at radius 2 is 1.93 bits per heavy atom. The van der Waals surface area contributed by atoms with Crippen LogP contribution >= 0.6 is 39.0 Å². The molecule has 0 saturated carbocycles. The predicted octanol–water partition coefficient (Wildman–Crippen LogP) is 4.78. The Balaban J connectivity index is 1.43. The number of hydrogen-bond donors (Lipinski definition) is 2. The van der Waals surface area contributed by atoms with Gasteiger partial charge in [0.2, 0.25) is 0 Å². The minimum Gasteiger partial charge on any atom is -0.497 e. The minimum atomic E-state index is -0.758. The Bertz CT molecular complexity index is 2180. The highest BCUT2D eigenvalue weighted by atomic mass is 79.9. The normalized spacial score (nSPS) is 14.7. The van der Waals surface area contributed by atoms with Gasteiger partial charge in [0.15, 0.2) is 15.1 Å². The molecular formula is C31H24BrN5O5S2. The van der Waals surface area contributed by atoms with Crippen LogP contribution in [0.3, 0.4) is 0 Å². The van der Waals surface area contributed by atoms with E-state index in [0.717, 1.165) is 11.8 Å². The number of carbonyl (C=O) groups excluding carboxylic acids is 1. The first kappa shape index (κ1) is 29.6.